The van der Waals surface area contributed by atoms with E-state index in [1.54, 1.807) is 12.1 Å². The van der Waals surface area contributed by atoms with Gasteiger partial charge < -0.3 is 5.32 Å². The molecule has 0 aliphatic heterocycles. The Morgan fingerprint density at radius 3 is 3.08 bits per heavy atom. The molecule has 0 fully saturated rings. The molecule has 0 bridgehead atoms. The summed E-state index contributed by atoms with van der Waals surface area (Å²) in [5.41, 5.74) is 0. The molecule has 4 heteroatoms. The molecule has 1 atom stereocenters. The third-order valence-corrected chi connectivity index (χ3v) is 2.46. The fourth-order valence-corrected chi connectivity index (χ4v) is 1.42. The summed E-state index contributed by atoms with van der Waals surface area (Å²) in [6.07, 6.45) is 1.56. The quantitative estimate of drug-likeness (QED) is 0.434. The summed E-state index contributed by atoms with van der Waals surface area (Å²) in [4.78, 5) is 12.0. The van der Waals surface area contributed by atoms with Crippen molar-refractivity contribution in [2.75, 3.05) is 0 Å². The van der Waals surface area contributed by atoms with Gasteiger partial charge in [0.05, 0.1) is 10.3 Å². The zero-order valence-corrected chi connectivity index (χ0v) is 8.07. The molecule has 0 saturated carbocycles. The van der Waals surface area contributed by atoms with Crippen molar-refractivity contribution in [2.45, 2.75) is 5.37 Å². The minimum absolute atomic E-state index is 0.107. The lowest BCUT2D eigenvalue weighted by atomic mass is 10.4. The summed E-state index contributed by atoms with van der Waals surface area (Å²) >= 11 is 5.46. The third kappa shape index (κ3) is 2.39. The van der Waals surface area contributed by atoms with Crippen molar-refractivity contribution in [2.24, 2.45) is 0 Å². The molecule has 0 spiro atoms. The SMILES string of the molecule is C=CC(S)NC(=O)c1cccs1. The summed E-state index contributed by atoms with van der Waals surface area (Å²) in [7, 11) is 0. The van der Waals surface area contributed by atoms with Crippen LogP contribution in [0.3, 0.4) is 0 Å². The topological polar surface area (TPSA) is 29.1 Å². The van der Waals surface area contributed by atoms with Gasteiger partial charge in [0.2, 0.25) is 0 Å². The van der Waals surface area contributed by atoms with Crippen molar-refractivity contribution in [1.82, 2.24) is 5.32 Å². The van der Waals surface area contributed by atoms with Crippen molar-refractivity contribution in [3.05, 3.63) is 35.0 Å². The van der Waals surface area contributed by atoms with Crippen LogP contribution in [0.2, 0.25) is 0 Å². The molecule has 1 unspecified atom stereocenters. The molecule has 1 rings (SSSR count). The van der Waals surface area contributed by atoms with E-state index in [0.29, 0.717) is 4.88 Å². The van der Waals surface area contributed by atoms with E-state index in [4.69, 9.17) is 0 Å². The largest absolute Gasteiger partial charge is 0.336 e. The second-order valence-corrected chi connectivity index (χ2v) is 3.64. The summed E-state index contributed by atoms with van der Waals surface area (Å²) in [6, 6.07) is 3.60. The molecule has 1 heterocycles. The minimum atomic E-state index is -0.278. The van der Waals surface area contributed by atoms with E-state index < -0.39 is 0 Å². The van der Waals surface area contributed by atoms with Crippen molar-refractivity contribution in [1.29, 1.82) is 0 Å². The molecule has 12 heavy (non-hydrogen) atoms. The van der Waals surface area contributed by atoms with Gasteiger partial charge in [-0.25, -0.2) is 0 Å². The standard InChI is InChI=1S/C8H9NOS2/c1-2-7(11)9-8(10)6-4-3-5-12-6/h2-5,7,11H,1H2,(H,9,10). The van der Waals surface area contributed by atoms with Gasteiger partial charge in [0.25, 0.3) is 5.91 Å². The zero-order valence-electron chi connectivity index (χ0n) is 6.36. The van der Waals surface area contributed by atoms with Crippen LogP contribution in [-0.2, 0) is 0 Å². The second-order valence-electron chi connectivity index (χ2n) is 2.13. The van der Waals surface area contributed by atoms with E-state index in [9.17, 15) is 4.79 Å². The van der Waals surface area contributed by atoms with Crippen LogP contribution in [0, 0.1) is 0 Å². The monoisotopic (exact) mass is 199 g/mol. The van der Waals surface area contributed by atoms with Gasteiger partial charge in [-0.1, -0.05) is 12.1 Å². The highest BCUT2D eigenvalue weighted by Gasteiger charge is 2.07. The fraction of sp³-hybridized carbons (Fsp3) is 0.125. The molecule has 1 aromatic rings. The van der Waals surface area contributed by atoms with Gasteiger partial charge in [-0.2, -0.15) is 12.6 Å². The Hall–Kier alpha value is -0.740. The average Bonchev–Trinajstić information content (AvgIpc) is 2.56. The number of carbonyl (C=O) groups is 1. The molecule has 0 radical (unpaired) electrons. The molecule has 0 aliphatic rings. The number of rotatable bonds is 3. The number of thiol groups is 1. The van der Waals surface area contributed by atoms with Crippen LogP contribution in [0.15, 0.2) is 30.2 Å². The van der Waals surface area contributed by atoms with Gasteiger partial charge >= 0.3 is 0 Å². The zero-order chi connectivity index (χ0) is 8.97. The Morgan fingerprint density at radius 1 is 1.83 bits per heavy atom. The molecule has 1 amide bonds. The molecule has 64 valence electrons. The lowest BCUT2D eigenvalue weighted by Crippen LogP contribution is -2.28. The smallest absolute Gasteiger partial charge is 0.262 e. The van der Waals surface area contributed by atoms with Crippen molar-refractivity contribution in [3.63, 3.8) is 0 Å². The van der Waals surface area contributed by atoms with E-state index in [2.05, 4.69) is 24.5 Å². The van der Waals surface area contributed by atoms with Crippen LogP contribution in [0.1, 0.15) is 9.67 Å². The predicted molar refractivity (Wildman–Crippen MR) is 54.8 cm³/mol. The first-order valence-corrected chi connectivity index (χ1v) is 4.78. The number of thiophene rings is 1. The highest BCUT2D eigenvalue weighted by Crippen LogP contribution is 2.08. The summed E-state index contributed by atoms with van der Waals surface area (Å²) in [5.74, 6) is -0.107. The van der Waals surface area contributed by atoms with Gasteiger partial charge in [0, 0.05) is 0 Å². The maximum atomic E-state index is 11.3. The summed E-state index contributed by atoms with van der Waals surface area (Å²) in [5, 5.41) is 4.23. The number of hydrogen-bond donors (Lipinski definition) is 2. The fourth-order valence-electron chi connectivity index (χ4n) is 0.672. The van der Waals surface area contributed by atoms with E-state index in [-0.39, 0.29) is 11.3 Å². The minimum Gasteiger partial charge on any atom is -0.336 e. The average molecular weight is 199 g/mol. The molecule has 1 aromatic heterocycles. The van der Waals surface area contributed by atoms with Crippen molar-refractivity contribution >= 4 is 29.9 Å². The second kappa shape index (κ2) is 4.33. The molecule has 1 N–H and O–H groups in total. The summed E-state index contributed by atoms with van der Waals surface area (Å²) in [6.45, 7) is 3.51. The highest BCUT2D eigenvalue weighted by atomic mass is 32.1. The van der Waals surface area contributed by atoms with Gasteiger partial charge in [0.15, 0.2) is 0 Å². The van der Waals surface area contributed by atoms with Crippen LogP contribution in [0.4, 0.5) is 0 Å². The van der Waals surface area contributed by atoms with Gasteiger partial charge in [-0.05, 0) is 11.4 Å². The molecule has 2 nitrogen and oxygen atoms in total. The first-order valence-electron chi connectivity index (χ1n) is 3.39. The Kier molecular flexibility index (Phi) is 3.37. The van der Waals surface area contributed by atoms with E-state index in [0.717, 1.165) is 0 Å². The van der Waals surface area contributed by atoms with E-state index >= 15 is 0 Å². The first-order chi connectivity index (χ1) is 5.74. The molecular weight excluding hydrogens is 190 g/mol. The van der Waals surface area contributed by atoms with Crippen LogP contribution in [0.25, 0.3) is 0 Å². The Labute approximate surface area is 80.7 Å². The van der Waals surface area contributed by atoms with E-state index in [1.807, 2.05) is 11.4 Å². The van der Waals surface area contributed by atoms with Crippen molar-refractivity contribution in [3.8, 4) is 0 Å². The van der Waals surface area contributed by atoms with Crippen LogP contribution in [-0.4, -0.2) is 11.3 Å². The molecular formula is C8H9NOS2. The molecule has 0 aromatic carbocycles. The third-order valence-electron chi connectivity index (χ3n) is 1.25. The van der Waals surface area contributed by atoms with Crippen LogP contribution >= 0.6 is 24.0 Å². The maximum Gasteiger partial charge on any atom is 0.262 e. The first kappa shape index (κ1) is 9.35. The number of hydrogen-bond acceptors (Lipinski definition) is 3. The molecule has 0 saturated heterocycles. The highest BCUT2D eigenvalue weighted by molar-refractivity contribution is 7.81. The Morgan fingerprint density at radius 2 is 2.58 bits per heavy atom. The van der Waals surface area contributed by atoms with Gasteiger partial charge in [-0.3, -0.25) is 4.79 Å². The molecule has 0 aliphatic carbocycles. The van der Waals surface area contributed by atoms with Crippen LogP contribution < -0.4 is 5.32 Å². The van der Waals surface area contributed by atoms with Gasteiger partial charge in [0.1, 0.15) is 0 Å². The lowest BCUT2D eigenvalue weighted by molar-refractivity contribution is 0.0959. The summed E-state index contributed by atoms with van der Waals surface area (Å²) < 4.78 is 0. The van der Waals surface area contributed by atoms with Crippen LogP contribution in [0.5, 0.6) is 0 Å². The van der Waals surface area contributed by atoms with Gasteiger partial charge in [-0.15, -0.1) is 17.9 Å². The number of carbonyl (C=O) groups excluding carboxylic acids is 1. The van der Waals surface area contributed by atoms with Crippen molar-refractivity contribution < 1.29 is 4.79 Å². The number of nitrogens with one attached hydrogen (secondary N) is 1. The van der Waals surface area contributed by atoms with E-state index in [1.165, 1.54) is 11.3 Å². The maximum absolute atomic E-state index is 11.3. The normalized spacial score (nSPS) is 12.1. The predicted octanol–water partition coefficient (Wildman–Crippen LogP) is 1.92. The Bertz CT molecular complexity index is 269. The lowest BCUT2D eigenvalue weighted by Gasteiger charge is -2.05. The Balaban J connectivity index is 2.55. The number of amides is 1.